The highest BCUT2D eigenvalue weighted by atomic mass is 16.1. The molecule has 0 spiro atoms. The molecule has 4 rings (SSSR count). The van der Waals surface area contributed by atoms with Crippen LogP contribution in [0.15, 0.2) is 36.5 Å². The van der Waals surface area contributed by atoms with Gasteiger partial charge in [0, 0.05) is 31.3 Å². The van der Waals surface area contributed by atoms with Crippen molar-refractivity contribution >= 4 is 11.9 Å². The predicted octanol–water partition coefficient (Wildman–Crippen LogP) is 3.84. The molecule has 1 fully saturated rings. The summed E-state index contributed by atoms with van der Waals surface area (Å²) in [6.07, 6.45) is 7.50. The van der Waals surface area contributed by atoms with Crippen LogP contribution in [0.25, 0.3) is 0 Å². The summed E-state index contributed by atoms with van der Waals surface area (Å²) in [4.78, 5) is 24.4. The van der Waals surface area contributed by atoms with Crippen molar-refractivity contribution in [2.45, 2.75) is 58.4 Å². The molecule has 1 aromatic heterocycles. The van der Waals surface area contributed by atoms with Crippen LogP contribution in [-0.4, -0.2) is 29.0 Å². The molecule has 28 heavy (non-hydrogen) atoms. The number of anilines is 1. The molecule has 2 heterocycles. The number of aromatic nitrogens is 2. The van der Waals surface area contributed by atoms with E-state index in [0.29, 0.717) is 6.42 Å². The van der Waals surface area contributed by atoms with Crippen molar-refractivity contribution in [2.75, 3.05) is 18.0 Å². The molecule has 2 aliphatic rings. The maximum atomic E-state index is 12.6. The number of fused-ring (bicyclic) bond motifs is 1. The molecule has 0 bridgehead atoms. The lowest BCUT2D eigenvalue weighted by molar-refractivity contribution is -0.122. The molecule has 5 heteroatoms. The summed E-state index contributed by atoms with van der Waals surface area (Å²) in [5.41, 5.74) is 3.50. The largest absolute Gasteiger partial charge is 0.349 e. The van der Waals surface area contributed by atoms with Gasteiger partial charge in [0.15, 0.2) is 0 Å². The maximum absolute atomic E-state index is 12.6. The van der Waals surface area contributed by atoms with E-state index in [9.17, 15) is 4.79 Å². The van der Waals surface area contributed by atoms with Gasteiger partial charge in [0.25, 0.3) is 0 Å². The Kier molecular flexibility index (Phi) is 5.33. The number of nitrogens with zero attached hydrogens (tertiary/aromatic N) is 3. The number of rotatable bonds is 5. The molecule has 1 aliphatic carbocycles. The highest BCUT2D eigenvalue weighted by Crippen LogP contribution is 2.40. The van der Waals surface area contributed by atoms with E-state index in [-0.39, 0.29) is 17.4 Å². The van der Waals surface area contributed by atoms with Crippen LogP contribution < -0.4 is 10.2 Å². The number of hydrogen-bond donors (Lipinski definition) is 1. The number of aryl methyl sites for hydroxylation is 1. The van der Waals surface area contributed by atoms with E-state index in [0.717, 1.165) is 49.6 Å². The third-order valence-corrected chi connectivity index (χ3v) is 5.87. The summed E-state index contributed by atoms with van der Waals surface area (Å²) in [6, 6.07) is 10.2. The fourth-order valence-electron chi connectivity index (χ4n) is 4.40. The first kappa shape index (κ1) is 18.9. The lowest BCUT2D eigenvalue weighted by Gasteiger charge is -2.36. The minimum Gasteiger partial charge on any atom is -0.349 e. The van der Waals surface area contributed by atoms with Gasteiger partial charge in [0.05, 0.1) is 11.7 Å². The van der Waals surface area contributed by atoms with Crippen LogP contribution in [0.3, 0.4) is 0 Å². The van der Waals surface area contributed by atoms with Crippen LogP contribution in [0.5, 0.6) is 0 Å². The Morgan fingerprint density at radius 2 is 1.96 bits per heavy atom. The van der Waals surface area contributed by atoms with E-state index in [1.165, 1.54) is 18.4 Å². The van der Waals surface area contributed by atoms with Crippen LogP contribution in [0.1, 0.15) is 62.4 Å². The standard InChI is InChI=1S/C23H30N4O/c1-23(2)14-19(25-21(28)11-10-17-8-4-3-5-9-17)18-16-24-22(26-20(18)15-23)27-12-6-7-13-27/h3-5,8-9,16,19H,6-7,10-15H2,1-2H3,(H,25,28). The Bertz CT molecular complexity index is 828. The van der Waals surface area contributed by atoms with Gasteiger partial charge in [-0.15, -0.1) is 0 Å². The molecule has 2 aromatic rings. The van der Waals surface area contributed by atoms with Crippen LogP contribution >= 0.6 is 0 Å². The molecule has 1 amide bonds. The molecule has 0 radical (unpaired) electrons. The topological polar surface area (TPSA) is 58.1 Å². The SMILES string of the molecule is CC1(C)Cc2nc(N3CCCC3)ncc2C(NC(=O)CCc2ccccc2)C1. The van der Waals surface area contributed by atoms with E-state index in [4.69, 9.17) is 4.98 Å². The molecule has 0 saturated carbocycles. The number of carbonyl (C=O) groups is 1. The molecule has 1 aliphatic heterocycles. The summed E-state index contributed by atoms with van der Waals surface area (Å²) in [7, 11) is 0. The van der Waals surface area contributed by atoms with E-state index in [2.05, 4.69) is 41.2 Å². The van der Waals surface area contributed by atoms with Crippen molar-refractivity contribution in [3.63, 3.8) is 0 Å². The molecule has 1 atom stereocenters. The number of amides is 1. The van der Waals surface area contributed by atoms with Gasteiger partial charge >= 0.3 is 0 Å². The number of carbonyl (C=O) groups excluding carboxylic acids is 1. The van der Waals surface area contributed by atoms with Gasteiger partial charge in [0.2, 0.25) is 11.9 Å². The summed E-state index contributed by atoms with van der Waals surface area (Å²) in [6.45, 7) is 6.61. The predicted molar refractivity (Wildman–Crippen MR) is 111 cm³/mol. The quantitative estimate of drug-likeness (QED) is 0.859. The number of nitrogens with one attached hydrogen (secondary N) is 1. The van der Waals surface area contributed by atoms with Crippen LogP contribution in [0.2, 0.25) is 0 Å². The molecule has 1 aromatic carbocycles. The van der Waals surface area contributed by atoms with Gasteiger partial charge in [-0.25, -0.2) is 9.97 Å². The lowest BCUT2D eigenvalue weighted by atomic mass is 9.74. The van der Waals surface area contributed by atoms with Gasteiger partial charge in [-0.05, 0) is 43.1 Å². The maximum Gasteiger partial charge on any atom is 0.225 e. The zero-order chi connectivity index (χ0) is 19.6. The summed E-state index contributed by atoms with van der Waals surface area (Å²) >= 11 is 0. The molecule has 1 unspecified atom stereocenters. The normalized spacial score (nSPS) is 20.6. The molecule has 5 nitrogen and oxygen atoms in total. The van der Waals surface area contributed by atoms with Crippen LogP contribution in [-0.2, 0) is 17.6 Å². The smallest absolute Gasteiger partial charge is 0.225 e. The zero-order valence-corrected chi connectivity index (χ0v) is 16.9. The minimum atomic E-state index is -0.00495. The van der Waals surface area contributed by atoms with Crippen molar-refractivity contribution in [3.05, 3.63) is 53.3 Å². The first-order valence-corrected chi connectivity index (χ1v) is 10.4. The Morgan fingerprint density at radius 1 is 1.21 bits per heavy atom. The molecule has 148 valence electrons. The average molecular weight is 379 g/mol. The van der Waals surface area contributed by atoms with Crippen LogP contribution in [0, 0.1) is 5.41 Å². The highest BCUT2D eigenvalue weighted by molar-refractivity contribution is 5.76. The first-order chi connectivity index (χ1) is 13.5. The van der Waals surface area contributed by atoms with Gasteiger partial charge in [-0.2, -0.15) is 0 Å². The number of benzene rings is 1. The highest BCUT2D eigenvalue weighted by Gasteiger charge is 2.35. The Balaban J connectivity index is 1.47. The summed E-state index contributed by atoms with van der Waals surface area (Å²) < 4.78 is 0. The minimum absolute atomic E-state index is 0.00495. The van der Waals surface area contributed by atoms with Gasteiger partial charge in [-0.1, -0.05) is 44.2 Å². The Morgan fingerprint density at radius 3 is 2.71 bits per heavy atom. The van der Waals surface area contributed by atoms with Crippen molar-refractivity contribution < 1.29 is 4.79 Å². The monoisotopic (exact) mass is 378 g/mol. The first-order valence-electron chi connectivity index (χ1n) is 10.4. The van der Waals surface area contributed by atoms with Crippen molar-refractivity contribution in [3.8, 4) is 0 Å². The fraction of sp³-hybridized carbons (Fsp3) is 0.522. The van der Waals surface area contributed by atoms with Crippen molar-refractivity contribution in [1.29, 1.82) is 0 Å². The van der Waals surface area contributed by atoms with Crippen LogP contribution in [0.4, 0.5) is 5.95 Å². The Labute approximate surface area is 167 Å². The third-order valence-electron chi connectivity index (χ3n) is 5.87. The Hall–Kier alpha value is -2.43. The fourth-order valence-corrected chi connectivity index (χ4v) is 4.40. The number of hydrogen-bond acceptors (Lipinski definition) is 4. The van der Waals surface area contributed by atoms with E-state index >= 15 is 0 Å². The molecule has 1 N–H and O–H groups in total. The molecular formula is C23H30N4O. The second kappa shape index (κ2) is 7.90. The summed E-state index contributed by atoms with van der Waals surface area (Å²) in [5.74, 6) is 0.948. The molecule has 1 saturated heterocycles. The van der Waals surface area contributed by atoms with E-state index < -0.39 is 0 Å². The molecular weight excluding hydrogens is 348 g/mol. The van der Waals surface area contributed by atoms with Gasteiger partial charge < -0.3 is 10.2 Å². The second-order valence-electron chi connectivity index (χ2n) is 8.92. The van der Waals surface area contributed by atoms with Crippen molar-refractivity contribution in [1.82, 2.24) is 15.3 Å². The van der Waals surface area contributed by atoms with E-state index in [1.54, 1.807) is 0 Å². The van der Waals surface area contributed by atoms with Gasteiger partial charge in [-0.3, -0.25) is 4.79 Å². The second-order valence-corrected chi connectivity index (χ2v) is 8.92. The average Bonchev–Trinajstić information content (AvgIpc) is 3.21. The van der Waals surface area contributed by atoms with Crippen molar-refractivity contribution in [2.24, 2.45) is 5.41 Å². The van der Waals surface area contributed by atoms with E-state index in [1.807, 2.05) is 24.4 Å². The zero-order valence-electron chi connectivity index (χ0n) is 16.9. The lowest BCUT2D eigenvalue weighted by Crippen LogP contribution is -2.37. The third kappa shape index (κ3) is 4.34. The van der Waals surface area contributed by atoms with Gasteiger partial charge in [0.1, 0.15) is 0 Å². The summed E-state index contributed by atoms with van der Waals surface area (Å²) in [5, 5.41) is 3.26.